The molecule has 0 saturated carbocycles. The van der Waals surface area contributed by atoms with Crippen molar-refractivity contribution >= 4 is 22.8 Å². The summed E-state index contributed by atoms with van der Waals surface area (Å²) in [6, 6.07) is 14.3. The number of hydrazone groups is 1. The van der Waals surface area contributed by atoms with Crippen LogP contribution in [-0.2, 0) is 13.6 Å². The zero-order valence-corrected chi connectivity index (χ0v) is 20.9. The van der Waals surface area contributed by atoms with Crippen molar-refractivity contribution in [2.45, 2.75) is 19.6 Å². The van der Waals surface area contributed by atoms with Crippen molar-refractivity contribution in [3.8, 4) is 17.2 Å². The fraction of sp³-hybridized carbons (Fsp3) is 0.280. The summed E-state index contributed by atoms with van der Waals surface area (Å²) in [6.07, 6.45) is -1.01. The van der Waals surface area contributed by atoms with Crippen LogP contribution in [0.4, 0.5) is 5.95 Å². The molecule has 0 spiro atoms. The number of nitrogens with one attached hydrogen (secondary N) is 2. The number of aryl methyl sites for hydroxylation is 1. The molecule has 0 aliphatic carbocycles. The Morgan fingerprint density at radius 2 is 1.65 bits per heavy atom. The van der Waals surface area contributed by atoms with Gasteiger partial charge in [0, 0.05) is 7.05 Å². The molecule has 194 valence electrons. The molecule has 2 heterocycles. The molecule has 0 bridgehead atoms. The lowest BCUT2D eigenvalue weighted by atomic mass is 10.1. The van der Waals surface area contributed by atoms with Crippen molar-refractivity contribution in [2.24, 2.45) is 12.1 Å². The van der Waals surface area contributed by atoms with E-state index in [2.05, 4.69) is 20.5 Å². The predicted octanol–water partition coefficient (Wildman–Crippen LogP) is 1.72. The van der Waals surface area contributed by atoms with Crippen molar-refractivity contribution < 1.29 is 19.3 Å². The van der Waals surface area contributed by atoms with Crippen LogP contribution in [0, 0.1) is 0 Å². The van der Waals surface area contributed by atoms with Crippen molar-refractivity contribution in [3.05, 3.63) is 74.9 Å². The minimum atomic E-state index is -1.01. The smallest absolute Gasteiger partial charge is 0.329 e. The van der Waals surface area contributed by atoms with Crippen molar-refractivity contribution in [3.63, 3.8) is 0 Å². The number of ether oxygens (including phenoxy) is 3. The summed E-state index contributed by atoms with van der Waals surface area (Å²) >= 11 is 0. The average Bonchev–Trinajstić information content (AvgIpc) is 3.28. The number of benzene rings is 2. The van der Waals surface area contributed by atoms with E-state index in [1.165, 1.54) is 16.2 Å². The van der Waals surface area contributed by atoms with Crippen LogP contribution in [-0.4, -0.2) is 56.9 Å². The zero-order chi connectivity index (χ0) is 26.5. The maximum Gasteiger partial charge on any atom is 0.329 e. The number of hydrogen-bond acceptors (Lipinski definition) is 9. The molecular weight excluding hydrogens is 480 g/mol. The number of imidazole rings is 1. The van der Waals surface area contributed by atoms with E-state index in [0.717, 1.165) is 11.3 Å². The molecule has 12 heteroatoms. The van der Waals surface area contributed by atoms with Gasteiger partial charge in [-0.05, 0) is 61.0 Å². The minimum absolute atomic E-state index is 0.0482. The van der Waals surface area contributed by atoms with E-state index in [9.17, 15) is 14.7 Å². The van der Waals surface area contributed by atoms with Crippen LogP contribution in [0.25, 0.3) is 11.2 Å². The number of H-pyrrole nitrogens is 1. The number of aromatic nitrogens is 4. The average molecular weight is 509 g/mol. The summed E-state index contributed by atoms with van der Waals surface area (Å²) in [6.45, 7) is 1.71. The molecule has 0 saturated heterocycles. The second kappa shape index (κ2) is 11.0. The molecule has 1 atom stereocenters. The van der Waals surface area contributed by atoms with Crippen LogP contribution in [0.1, 0.15) is 12.5 Å². The lowest BCUT2D eigenvalue weighted by Gasteiger charge is -2.15. The van der Waals surface area contributed by atoms with Crippen molar-refractivity contribution in [1.29, 1.82) is 0 Å². The van der Waals surface area contributed by atoms with Gasteiger partial charge >= 0.3 is 5.69 Å². The van der Waals surface area contributed by atoms with Gasteiger partial charge in [0.2, 0.25) is 5.95 Å². The van der Waals surface area contributed by atoms with Crippen LogP contribution in [0.3, 0.4) is 0 Å². The molecule has 1 unspecified atom stereocenters. The fourth-order valence-corrected chi connectivity index (χ4v) is 3.66. The second-order valence-electron chi connectivity index (χ2n) is 8.21. The van der Waals surface area contributed by atoms with Gasteiger partial charge in [-0.3, -0.25) is 14.3 Å². The fourth-order valence-electron chi connectivity index (χ4n) is 3.66. The molecule has 0 amide bonds. The monoisotopic (exact) mass is 508 g/mol. The van der Waals surface area contributed by atoms with Crippen LogP contribution in [0.2, 0.25) is 0 Å². The van der Waals surface area contributed by atoms with Gasteiger partial charge in [0.25, 0.3) is 5.56 Å². The molecule has 2 aromatic carbocycles. The lowest BCUT2D eigenvalue weighted by Crippen LogP contribution is -2.30. The zero-order valence-electron chi connectivity index (χ0n) is 20.9. The minimum Gasteiger partial charge on any atom is -0.497 e. The Bertz CT molecular complexity index is 1520. The van der Waals surface area contributed by atoms with Gasteiger partial charge in [-0.2, -0.15) is 10.1 Å². The molecule has 3 N–H and O–H groups in total. The van der Waals surface area contributed by atoms with E-state index < -0.39 is 17.4 Å². The molecule has 0 fully saturated rings. The van der Waals surface area contributed by atoms with E-state index in [1.54, 1.807) is 38.5 Å². The molecule has 0 aliphatic heterocycles. The standard InChI is InChI=1S/C25H28N6O6/c1-15(16-5-7-18(35-3)8-6-16)28-29-24-26-22-21(23(33)27-25(34)30(22)2)31(24)13-17(32)14-37-20-11-9-19(36-4)10-12-20/h5-12,17,32H,13-14H2,1-4H3,(H,26,29)(H,27,33,34)/b28-15-. The highest BCUT2D eigenvalue weighted by atomic mass is 16.5. The predicted molar refractivity (Wildman–Crippen MR) is 139 cm³/mol. The Morgan fingerprint density at radius 3 is 2.27 bits per heavy atom. The Labute approximate surface area is 211 Å². The summed E-state index contributed by atoms with van der Waals surface area (Å²) in [4.78, 5) is 31.5. The Kier molecular flexibility index (Phi) is 7.58. The van der Waals surface area contributed by atoms with E-state index in [-0.39, 0.29) is 30.3 Å². The van der Waals surface area contributed by atoms with Gasteiger partial charge in [0.05, 0.1) is 26.5 Å². The number of aromatic amines is 1. The molecule has 0 radical (unpaired) electrons. The third-order valence-corrected chi connectivity index (χ3v) is 5.73. The van der Waals surface area contributed by atoms with Crippen LogP contribution in [0.15, 0.2) is 63.2 Å². The van der Waals surface area contributed by atoms with Crippen LogP contribution < -0.4 is 30.9 Å². The number of hydrogen-bond donors (Lipinski definition) is 3. The highest BCUT2D eigenvalue weighted by Crippen LogP contribution is 2.19. The van der Waals surface area contributed by atoms with Crippen molar-refractivity contribution in [1.82, 2.24) is 19.1 Å². The first-order valence-electron chi connectivity index (χ1n) is 11.4. The third-order valence-electron chi connectivity index (χ3n) is 5.73. The highest BCUT2D eigenvalue weighted by Gasteiger charge is 2.20. The highest BCUT2D eigenvalue weighted by molar-refractivity contribution is 5.99. The molecule has 2 aromatic heterocycles. The normalized spacial score (nSPS) is 12.4. The Balaban J connectivity index is 1.61. The summed E-state index contributed by atoms with van der Waals surface area (Å²) in [5, 5.41) is 15.1. The van der Waals surface area contributed by atoms with Gasteiger partial charge in [0.15, 0.2) is 11.2 Å². The summed E-state index contributed by atoms with van der Waals surface area (Å²) in [7, 11) is 4.66. The SMILES string of the molecule is COc1ccc(OCC(O)Cn2c(N/N=C(/C)c3ccc(OC)cc3)nc3c2c(=O)[nH]c(=O)n3C)cc1. The quantitative estimate of drug-likeness (QED) is 0.217. The number of rotatable bonds is 10. The lowest BCUT2D eigenvalue weighted by molar-refractivity contribution is 0.0938. The van der Waals surface area contributed by atoms with Crippen molar-refractivity contribution in [2.75, 3.05) is 26.3 Å². The molecule has 4 rings (SSSR count). The maximum absolute atomic E-state index is 12.7. The van der Waals surface area contributed by atoms with Gasteiger partial charge in [-0.1, -0.05) is 0 Å². The largest absolute Gasteiger partial charge is 0.497 e. The number of aliphatic hydroxyl groups excluding tert-OH is 1. The molecule has 12 nitrogen and oxygen atoms in total. The van der Waals surface area contributed by atoms with Gasteiger partial charge < -0.3 is 23.9 Å². The topological polar surface area (TPSA) is 145 Å². The Hall–Kier alpha value is -4.58. The van der Waals surface area contributed by atoms with Gasteiger partial charge in [0.1, 0.15) is 30.0 Å². The van der Waals surface area contributed by atoms with E-state index in [1.807, 2.05) is 31.2 Å². The maximum atomic E-state index is 12.7. The molecule has 37 heavy (non-hydrogen) atoms. The number of fused-ring (bicyclic) bond motifs is 1. The van der Waals surface area contributed by atoms with Crippen LogP contribution >= 0.6 is 0 Å². The first kappa shape index (κ1) is 25.5. The van der Waals surface area contributed by atoms with E-state index in [0.29, 0.717) is 17.2 Å². The number of nitrogens with zero attached hydrogens (tertiary/aromatic N) is 4. The van der Waals surface area contributed by atoms with Crippen LogP contribution in [0.5, 0.6) is 17.2 Å². The number of anilines is 1. The second-order valence-corrected chi connectivity index (χ2v) is 8.21. The first-order chi connectivity index (χ1) is 17.8. The number of aliphatic hydroxyl groups is 1. The van der Waals surface area contributed by atoms with E-state index >= 15 is 0 Å². The summed E-state index contributed by atoms with van der Waals surface area (Å²) < 4.78 is 18.7. The third kappa shape index (κ3) is 5.64. The van der Waals surface area contributed by atoms with Gasteiger partial charge in [-0.15, -0.1) is 0 Å². The first-order valence-corrected chi connectivity index (χ1v) is 11.4. The molecule has 0 aliphatic rings. The summed E-state index contributed by atoms with van der Waals surface area (Å²) in [5.74, 6) is 2.13. The molecular formula is C25H28N6O6. The number of methoxy groups -OCH3 is 2. The molecule has 4 aromatic rings. The van der Waals surface area contributed by atoms with E-state index in [4.69, 9.17) is 14.2 Å². The van der Waals surface area contributed by atoms with Gasteiger partial charge in [-0.25, -0.2) is 10.2 Å². The summed E-state index contributed by atoms with van der Waals surface area (Å²) in [5.41, 5.74) is 3.39. The Morgan fingerprint density at radius 1 is 1.05 bits per heavy atom.